The smallest absolute Gasteiger partial charge is 0.259 e. The minimum absolute atomic E-state index is 0.244. The largest absolute Gasteiger partial charge is 0.486 e. The van der Waals surface area contributed by atoms with E-state index in [-0.39, 0.29) is 5.91 Å². The minimum Gasteiger partial charge on any atom is -0.486 e. The van der Waals surface area contributed by atoms with Crippen molar-refractivity contribution < 1.29 is 14.3 Å². The lowest BCUT2D eigenvalue weighted by Gasteiger charge is -2.20. The Kier molecular flexibility index (Phi) is 5.20. The molecule has 0 saturated heterocycles. The van der Waals surface area contributed by atoms with Gasteiger partial charge in [-0.15, -0.1) is 11.3 Å². The van der Waals surface area contributed by atoms with Crippen LogP contribution < -0.4 is 20.1 Å². The van der Waals surface area contributed by atoms with Crippen LogP contribution in [0, 0.1) is 0 Å². The van der Waals surface area contributed by atoms with Crippen molar-refractivity contribution in [2.75, 3.05) is 23.8 Å². The molecule has 0 unspecified atom stereocenters. The highest BCUT2D eigenvalue weighted by atomic mass is 32.1. The number of ether oxygens (including phenoxy) is 2. The molecule has 1 amide bonds. The van der Waals surface area contributed by atoms with Gasteiger partial charge in [-0.2, -0.15) is 0 Å². The highest BCUT2D eigenvalue weighted by Gasteiger charge is 2.20. The summed E-state index contributed by atoms with van der Waals surface area (Å²) in [6.07, 6.45) is 3.48. The molecule has 7 nitrogen and oxygen atoms in total. The van der Waals surface area contributed by atoms with E-state index in [1.165, 1.54) is 11.3 Å². The first-order chi connectivity index (χ1) is 15.3. The van der Waals surface area contributed by atoms with Crippen LogP contribution in [0.15, 0.2) is 72.4 Å². The van der Waals surface area contributed by atoms with Crippen LogP contribution in [0.5, 0.6) is 11.5 Å². The lowest BCUT2D eigenvalue weighted by molar-refractivity contribution is 0.101. The molecular formula is C23H18N4O3S. The summed E-state index contributed by atoms with van der Waals surface area (Å²) in [6, 6.07) is 16.7. The summed E-state index contributed by atoms with van der Waals surface area (Å²) >= 11 is 1.52. The maximum absolute atomic E-state index is 12.7. The second kappa shape index (κ2) is 8.45. The monoisotopic (exact) mass is 430 g/mol. The number of hydrogen-bond donors (Lipinski definition) is 2. The fraction of sp³-hybridized carbons (Fsp3) is 0.0870. The summed E-state index contributed by atoms with van der Waals surface area (Å²) in [4.78, 5) is 21.5. The lowest BCUT2D eigenvalue weighted by Crippen LogP contribution is -2.20. The molecule has 8 heteroatoms. The molecule has 2 aromatic carbocycles. The van der Waals surface area contributed by atoms with Gasteiger partial charge in [-0.25, -0.2) is 4.98 Å². The Morgan fingerprint density at radius 3 is 2.68 bits per heavy atom. The molecule has 0 bridgehead atoms. The number of nitrogens with zero attached hydrogens (tertiary/aromatic N) is 2. The van der Waals surface area contributed by atoms with Crippen LogP contribution in [0.3, 0.4) is 0 Å². The van der Waals surface area contributed by atoms with E-state index >= 15 is 0 Å². The molecule has 2 aromatic heterocycles. The van der Waals surface area contributed by atoms with E-state index in [0.29, 0.717) is 36.0 Å². The molecule has 154 valence electrons. The van der Waals surface area contributed by atoms with Gasteiger partial charge in [0.1, 0.15) is 13.2 Å². The third-order valence-corrected chi connectivity index (χ3v) is 5.42. The Morgan fingerprint density at radius 1 is 0.968 bits per heavy atom. The third-order valence-electron chi connectivity index (χ3n) is 4.67. The molecule has 5 rings (SSSR count). The number of amides is 1. The number of hydrogen-bond acceptors (Lipinski definition) is 7. The molecule has 2 N–H and O–H groups in total. The fourth-order valence-corrected chi connectivity index (χ4v) is 3.94. The van der Waals surface area contributed by atoms with E-state index in [0.717, 1.165) is 22.1 Å². The maximum Gasteiger partial charge on any atom is 0.259 e. The minimum atomic E-state index is -0.244. The van der Waals surface area contributed by atoms with Gasteiger partial charge >= 0.3 is 0 Å². The van der Waals surface area contributed by atoms with Crippen LogP contribution >= 0.6 is 11.3 Å². The van der Waals surface area contributed by atoms with Crippen molar-refractivity contribution in [2.45, 2.75) is 0 Å². The van der Waals surface area contributed by atoms with Crippen molar-refractivity contribution in [3.63, 3.8) is 0 Å². The van der Waals surface area contributed by atoms with Crippen LogP contribution in [0.2, 0.25) is 0 Å². The number of carbonyl (C=O) groups excluding carboxylic acids is 1. The number of carbonyl (C=O) groups is 1. The van der Waals surface area contributed by atoms with Gasteiger partial charge in [0.25, 0.3) is 5.91 Å². The van der Waals surface area contributed by atoms with Gasteiger partial charge in [0.05, 0.1) is 23.1 Å². The molecule has 1 aliphatic rings. The molecule has 4 aromatic rings. The van der Waals surface area contributed by atoms with Crippen molar-refractivity contribution in [3.05, 3.63) is 77.9 Å². The molecule has 0 radical (unpaired) electrons. The Balaban J connectivity index is 1.28. The van der Waals surface area contributed by atoms with Crippen molar-refractivity contribution in [1.82, 2.24) is 9.97 Å². The number of fused-ring (bicyclic) bond motifs is 1. The Labute approximate surface area is 182 Å². The van der Waals surface area contributed by atoms with Gasteiger partial charge in [0.15, 0.2) is 16.6 Å². The Bertz CT molecular complexity index is 1210. The standard InChI is InChI=1S/C23H18N4O3S/c28-22(18-4-1-5-20-21(18)30-12-11-29-20)25-16-8-6-15(7-9-16)19-14-31-23(27-19)26-17-3-2-10-24-13-17/h1-10,13-14H,11-12H2,(H,25,28)(H,26,27). The summed E-state index contributed by atoms with van der Waals surface area (Å²) < 4.78 is 11.2. The molecule has 31 heavy (non-hydrogen) atoms. The first-order valence-corrected chi connectivity index (χ1v) is 10.6. The predicted molar refractivity (Wildman–Crippen MR) is 120 cm³/mol. The number of para-hydroxylation sites is 1. The van der Waals surface area contributed by atoms with Gasteiger partial charge in [-0.3, -0.25) is 9.78 Å². The van der Waals surface area contributed by atoms with E-state index in [9.17, 15) is 4.79 Å². The SMILES string of the molecule is O=C(Nc1ccc(-c2csc(Nc3cccnc3)n2)cc1)c1cccc2c1OCCO2. The summed E-state index contributed by atoms with van der Waals surface area (Å²) in [6.45, 7) is 0.910. The lowest BCUT2D eigenvalue weighted by atomic mass is 10.1. The van der Waals surface area contributed by atoms with Crippen molar-refractivity contribution in [2.24, 2.45) is 0 Å². The highest BCUT2D eigenvalue weighted by Crippen LogP contribution is 2.34. The molecule has 3 heterocycles. The number of pyridine rings is 1. The molecule has 0 saturated carbocycles. The second-order valence-corrected chi connectivity index (χ2v) is 7.62. The molecule has 0 fully saturated rings. The van der Waals surface area contributed by atoms with Crippen LogP contribution in [-0.2, 0) is 0 Å². The average Bonchev–Trinajstić information content (AvgIpc) is 3.28. The van der Waals surface area contributed by atoms with Gasteiger partial charge in [-0.1, -0.05) is 18.2 Å². The van der Waals surface area contributed by atoms with Crippen molar-refractivity contribution in [3.8, 4) is 22.8 Å². The van der Waals surface area contributed by atoms with Crippen LogP contribution in [0.1, 0.15) is 10.4 Å². The maximum atomic E-state index is 12.7. The van der Waals surface area contributed by atoms with Crippen LogP contribution in [0.4, 0.5) is 16.5 Å². The average molecular weight is 430 g/mol. The Hall–Kier alpha value is -3.91. The molecule has 0 atom stereocenters. The Morgan fingerprint density at radius 2 is 1.84 bits per heavy atom. The van der Waals surface area contributed by atoms with Gasteiger partial charge in [-0.05, 0) is 36.4 Å². The molecular weight excluding hydrogens is 412 g/mol. The number of benzene rings is 2. The fourth-order valence-electron chi connectivity index (χ4n) is 3.20. The van der Waals surface area contributed by atoms with Crippen molar-refractivity contribution >= 4 is 33.8 Å². The van der Waals surface area contributed by atoms with Gasteiger partial charge < -0.3 is 20.1 Å². The zero-order valence-electron chi connectivity index (χ0n) is 16.4. The van der Waals surface area contributed by atoms with Gasteiger partial charge in [0, 0.05) is 22.8 Å². The predicted octanol–water partition coefficient (Wildman–Crippen LogP) is 4.97. The zero-order valence-corrected chi connectivity index (χ0v) is 17.2. The van der Waals surface area contributed by atoms with Crippen LogP contribution in [-0.4, -0.2) is 29.1 Å². The number of thiazole rings is 1. The van der Waals surface area contributed by atoms with E-state index in [1.807, 2.05) is 41.8 Å². The number of anilines is 3. The highest BCUT2D eigenvalue weighted by molar-refractivity contribution is 7.14. The first kappa shape index (κ1) is 19.1. The third kappa shape index (κ3) is 4.19. The number of aromatic nitrogens is 2. The van der Waals surface area contributed by atoms with Gasteiger partial charge in [0.2, 0.25) is 0 Å². The zero-order chi connectivity index (χ0) is 21.0. The molecule has 0 aliphatic carbocycles. The number of rotatable bonds is 5. The van der Waals surface area contributed by atoms with E-state index in [4.69, 9.17) is 9.47 Å². The topological polar surface area (TPSA) is 85.4 Å². The normalized spacial score (nSPS) is 12.3. The van der Waals surface area contributed by atoms with Crippen molar-refractivity contribution in [1.29, 1.82) is 0 Å². The van der Waals surface area contributed by atoms with E-state index in [1.54, 1.807) is 30.6 Å². The van der Waals surface area contributed by atoms with E-state index < -0.39 is 0 Å². The van der Waals surface area contributed by atoms with E-state index in [2.05, 4.69) is 20.6 Å². The first-order valence-electron chi connectivity index (χ1n) is 9.69. The summed E-state index contributed by atoms with van der Waals surface area (Å²) in [7, 11) is 0. The molecule has 0 spiro atoms. The second-order valence-electron chi connectivity index (χ2n) is 6.77. The quantitative estimate of drug-likeness (QED) is 0.465. The number of nitrogens with one attached hydrogen (secondary N) is 2. The van der Waals surface area contributed by atoms with Crippen LogP contribution in [0.25, 0.3) is 11.3 Å². The summed E-state index contributed by atoms with van der Waals surface area (Å²) in [5, 5.41) is 8.93. The summed E-state index contributed by atoms with van der Waals surface area (Å²) in [5.41, 5.74) is 3.84. The summed E-state index contributed by atoms with van der Waals surface area (Å²) in [5.74, 6) is 0.833. The molecule has 1 aliphatic heterocycles.